The molecule has 1 amide bonds. The van der Waals surface area contributed by atoms with Gasteiger partial charge in [-0.2, -0.15) is 4.98 Å². The fraction of sp³-hybridized carbons (Fsp3) is 0.308. The zero-order valence-electron chi connectivity index (χ0n) is 11.5. The zero-order chi connectivity index (χ0) is 14.8. The topological polar surface area (TPSA) is 96.7 Å². The fourth-order valence-electron chi connectivity index (χ4n) is 2.07. The average molecular weight is 321 g/mol. The minimum Gasteiger partial charge on any atom is -0.330 e. The van der Waals surface area contributed by atoms with Crippen molar-refractivity contribution in [3.63, 3.8) is 0 Å². The Morgan fingerprint density at radius 2 is 2.38 bits per heavy atom. The lowest BCUT2D eigenvalue weighted by Crippen LogP contribution is -2.15. The van der Waals surface area contributed by atoms with E-state index in [9.17, 15) is 4.79 Å². The third-order valence-corrected chi connectivity index (χ3v) is 5.21. The molecule has 3 rings (SSSR count). The van der Waals surface area contributed by atoms with Gasteiger partial charge >= 0.3 is 0 Å². The van der Waals surface area contributed by atoms with Gasteiger partial charge in [0.15, 0.2) is 0 Å². The molecule has 6 nitrogen and oxygen atoms in total. The number of aromatic nitrogens is 3. The van der Waals surface area contributed by atoms with Crippen LogP contribution in [0.1, 0.15) is 16.3 Å². The third-order valence-electron chi connectivity index (χ3n) is 2.99. The molecule has 0 fully saturated rings. The van der Waals surface area contributed by atoms with E-state index in [0.29, 0.717) is 31.2 Å². The summed E-state index contributed by atoms with van der Waals surface area (Å²) < 4.78 is 1.26. The van der Waals surface area contributed by atoms with E-state index in [-0.39, 0.29) is 5.91 Å². The number of thiophene rings is 2. The maximum atomic E-state index is 12.1. The Hall–Kier alpha value is -1.77. The lowest BCUT2D eigenvalue weighted by atomic mass is 10.1. The highest BCUT2D eigenvalue weighted by molar-refractivity contribution is 7.37. The maximum absolute atomic E-state index is 12.1. The number of carbonyl (C=O) groups excluding carboxylic acids is 1. The van der Waals surface area contributed by atoms with Crippen LogP contribution in [0, 0.1) is 6.92 Å². The number of hydrogen-bond acceptors (Lipinski definition) is 6. The van der Waals surface area contributed by atoms with Crippen LogP contribution in [0.5, 0.6) is 0 Å². The predicted octanol–water partition coefficient (Wildman–Crippen LogP) is 2.07. The lowest BCUT2D eigenvalue weighted by Gasteiger charge is -1.99. The van der Waals surface area contributed by atoms with Crippen molar-refractivity contribution in [2.75, 3.05) is 11.9 Å². The summed E-state index contributed by atoms with van der Waals surface area (Å²) in [6.45, 7) is 2.57. The van der Waals surface area contributed by atoms with E-state index < -0.39 is 0 Å². The fourth-order valence-corrected chi connectivity index (χ4v) is 4.35. The number of amides is 1. The first-order valence-electron chi connectivity index (χ1n) is 6.53. The molecule has 4 N–H and O–H groups in total. The molecule has 0 saturated heterocycles. The standard InChI is InChI=1S/C13H15N5OS2/c1-7-4-9-8(6-20-12(9)21-7)5-11(19)16-13-15-10(2-3-14)17-18-13/h4,6H,2-3,5,14H2,1H3,(H2,15,16,17,18,19). The first-order valence-corrected chi connectivity index (χ1v) is 8.23. The summed E-state index contributed by atoms with van der Waals surface area (Å²) >= 11 is 3.44. The second kappa shape index (κ2) is 5.92. The molecular formula is C13H15N5OS2. The number of fused-ring (bicyclic) bond motifs is 1. The second-order valence-electron chi connectivity index (χ2n) is 4.69. The van der Waals surface area contributed by atoms with Gasteiger partial charge in [0.25, 0.3) is 0 Å². The molecule has 0 radical (unpaired) electrons. The van der Waals surface area contributed by atoms with Crippen LogP contribution < -0.4 is 11.1 Å². The van der Waals surface area contributed by atoms with Crippen molar-refractivity contribution in [3.05, 3.63) is 27.7 Å². The molecule has 0 saturated carbocycles. The summed E-state index contributed by atoms with van der Waals surface area (Å²) in [6, 6.07) is 2.13. The summed E-state index contributed by atoms with van der Waals surface area (Å²) in [4.78, 5) is 17.5. The summed E-state index contributed by atoms with van der Waals surface area (Å²) in [5.74, 6) is 0.868. The molecule has 3 heterocycles. The van der Waals surface area contributed by atoms with Gasteiger partial charge in [-0.3, -0.25) is 15.2 Å². The number of nitrogens with one attached hydrogen (secondary N) is 2. The highest BCUT2D eigenvalue weighted by Crippen LogP contribution is 2.33. The SMILES string of the molecule is Cc1cc2c(CC(=O)Nc3n[nH]c(CCN)n3)csc2s1. The van der Waals surface area contributed by atoms with E-state index in [1.165, 1.54) is 14.3 Å². The quantitative estimate of drug-likeness (QED) is 0.670. The minimum absolute atomic E-state index is 0.114. The van der Waals surface area contributed by atoms with Crippen LogP contribution in [0.4, 0.5) is 5.95 Å². The molecule has 110 valence electrons. The molecule has 0 spiro atoms. The highest BCUT2D eigenvalue weighted by Gasteiger charge is 2.13. The number of nitrogens with zero attached hydrogens (tertiary/aromatic N) is 2. The monoisotopic (exact) mass is 321 g/mol. The molecule has 0 aliphatic heterocycles. The van der Waals surface area contributed by atoms with Crippen molar-refractivity contribution >= 4 is 43.9 Å². The van der Waals surface area contributed by atoms with Crippen LogP contribution in [0.15, 0.2) is 11.4 Å². The number of hydrogen-bond donors (Lipinski definition) is 3. The molecular weight excluding hydrogens is 306 g/mol. The van der Waals surface area contributed by atoms with Crippen molar-refractivity contribution in [2.24, 2.45) is 5.73 Å². The molecule has 0 bridgehead atoms. The number of aromatic amines is 1. The maximum Gasteiger partial charge on any atom is 0.248 e. The van der Waals surface area contributed by atoms with E-state index in [1.807, 2.05) is 5.38 Å². The van der Waals surface area contributed by atoms with Gasteiger partial charge in [-0.05, 0) is 30.5 Å². The minimum atomic E-state index is -0.114. The number of nitrogens with two attached hydrogens (primary N) is 1. The zero-order valence-corrected chi connectivity index (χ0v) is 13.1. The molecule has 0 aliphatic carbocycles. The van der Waals surface area contributed by atoms with Crippen LogP contribution in [0.2, 0.25) is 0 Å². The number of rotatable bonds is 5. The first-order chi connectivity index (χ1) is 10.2. The first kappa shape index (κ1) is 14.2. The number of H-pyrrole nitrogens is 1. The molecule has 0 atom stereocenters. The Balaban J connectivity index is 1.68. The second-order valence-corrected chi connectivity index (χ2v) is 7.08. The van der Waals surface area contributed by atoms with E-state index in [0.717, 1.165) is 5.56 Å². The molecule has 8 heteroatoms. The number of anilines is 1. The van der Waals surface area contributed by atoms with Gasteiger partial charge in [0.2, 0.25) is 11.9 Å². The van der Waals surface area contributed by atoms with Gasteiger partial charge < -0.3 is 5.73 Å². The average Bonchev–Trinajstić information content (AvgIpc) is 3.09. The summed E-state index contributed by atoms with van der Waals surface area (Å²) in [6.07, 6.45) is 0.944. The van der Waals surface area contributed by atoms with E-state index in [1.54, 1.807) is 22.7 Å². The van der Waals surface area contributed by atoms with E-state index >= 15 is 0 Å². The van der Waals surface area contributed by atoms with E-state index in [4.69, 9.17) is 5.73 Å². The molecule has 3 aromatic heterocycles. The van der Waals surface area contributed by atoms with Gasteiger partial charge in [-0.25, -0.2) is 0 Å². The van der Waals surface area contributed by atoms with Crippen molar-refractivity contribution < 1.29 is 4.79 Å². The molecule has 0 aliphatic rings. The molecule has 0 aromatic carbocycles. The van der Waals surface area contributed by atoms with Gasteiger partial charge in [0.1, 0.15) is 5.82 Å². The molecule has 21 heavy (non-hydrogen) atoms. The normalized spacial score (nSPS) is 11.1. The number of carbonyl (C=O) groups is 1. The van der Waals surface area contributed by atoms with E-state index in [2.05, 4.69) is 33.5 Å². The van der Waals surface area contributed by atoms with Gasteiger partial charge in [0.05, 0.1) is 10.4 Å². The third kappa shape index (κ3) is 3.12. The number of aryl methyl sites for hydroxylation is 1. The van der Waals surface area contributed by atoms with Gasteiger partial charge in [0, 0.05) is 16.7 Å². The van der Waals surface area contributed by atoms with Crippen molar-refractivity contribution in [2.45, 2.75) is 19.8 Å². The van der Waals surface area contributed by atoms with Crippen LogP contribution in [0.3, 0.4) is 0 Å². The Morgan fingerprint density at radius 3 is 3.19 bits per heavy atom. The Labute approximate surface area is 129 Å². The van der Waals surface area contributed by atoms with Crippen LogP contribution in [0.25, 0.3) is 9.40 Å². The smallest absolute Gasteiger partial charge is 0.248 e. The molecule has 0 unspecified atom stereocenters. The molecule has 3 aromatic rings. The van der Waals surface area contributed by atoms with Crippen molar-refractivity contribution in [1.29, 1.82) is 0 Å². The summed E-state index contributed by atoms with van der Waals surface area (Å²) in [7, 11) is 0. The van der Waals surface area contributed by atoms with Crippen LogP contribution in [-0.4, -0.2) is 27.6 Å². The highest BCUT2D eigenvalue weighted by atomic mass is 32.2. The van der Waals surface area contributed by atoms with Crippen molar-refractivity contribution in [3.8, 4) is 0 Å². The predicted molar refractivity (Wildman–Crippen MR) is 85.9 cm³/mol. The Morgan fingerprint density at radius 1 is 1.52 bits per heavy atom. The van der Waals surface area contributed by atoms with Gasteiger partial charge in [-0.15, -0.1) is 27.8 Å². The van der Waals surface area contributed by atoms with Crippen LogP contribution in [-0.2, 0) is 17.6 Å². The lowest BCUT2D eigenvalue weighted by molar-refractivity contribution is -0.115. The van der Waals surface area contributed by atoms with Crippen LogP contribution >= 0.6 is 22.7 Å². The summed E-state index contributed by atoms with van der Waals surface area (Å²) in [5, 5.41) is 12.6. The Bertz CT molecular complexity index is 773. The van der Waals surface area contributed by atoms with Crippen molar-refractivity contribution in [1.82, 2.24) is 15.2 Å². The largest absolute Gasteiger partial charge is 0.330 e. The summed E-state index contributed by atoms with van der Waals surface area (Å²) in [5.41, 5.74) is 6.49. The Kier molecular flexibility index (Phi) is 4.00. The van der Waals surface area contributed by atoms with Gasteiger partial charge in [-0.1, -0.05) is 0 Å².